The molecule has 0 spiro atoms. The molecule has 1 N–H and O–H groups in total. The third-order valence-electron chi connectivity index (χ3n) is 3.76. The second-order valence-corrected chi connectivity index (χ2v) is 6.93. The van der Waals surface area contributed by atoms with Crippen molar-refractivity contribution in [2.45, 2.75) is 45.8 Å². The van der Waals surface area contributed by atoms with Crippen molar-refractivity contribution in [3.63, 3.8) is 0 Å². The molecular formula is C16H28N4. The van der Waals surface area contributed by atoms with E-state index in [1.54, 1.807) is 0 Å². The average Bonchev–Trinajstić information content (AvgIpc) is 2.36. The van der Waals surface area contributed by atoms with Crippen LogP contribution in [0.15, 0.2) is 18.3 Å². The van der Waals surface area contributed by atoms with Crippen molar-refractivity contribution in [1.29, 1.82) is 0 Å². The molecule has 4 heteroatoms. The van der Waals surface area contributed by atoms with E-state index in [1.165, 1.54) is 5.56 Å². The normalized spacial score (nSPS) is 21.2. The van der Waals surface area contributed by atoms with Crippen LogP contribution in [0.5, 0.6) is 0 Å². The topological polar surface area (TPSA) is 31.4 Å². The lowest BCUT2D eigenvalue weighted by Crippen LogP contribution is -2.50. The van der Waals surface area contributed by atoms with Gasteiger partial charge in [-0.1, -0.05) is 0 Å². The molecule has 1 saturated heterocycles. The number of anilines is 1. The van der Waals surface area contributed by atoms with Gasteiger partial charge in [0.05, 0.1) is 0 Å². The van der Waals surface area contributed by atoms with Crippen LogP contribution in [0.2, 0.25) is 0 Å². The van der Waals surface area contributed by atoms with Crippen molar-refractivity contribution in [1.82, 2.24) is 15.2 Å². The van der Waals surface area contributed by atoms with Crippen LogP contribution in [0.1, 0.15) is 33.3 Å². The van der Waals surface area contributed by atoms with E-state index in [-0.39, 0.29) is 5.54 Å². The molecule has 1 aliphatic heterocycles. The van der Waals surface area contributed by atoms with Gasteiger partial charge < -0.3 is 15.1 Å². The van der Waals surface area contributed by atoms with Gasteiger partial charge in [-0.25, -0.2) is 4.98 Å². The minimum atomic E-state index is 0.143. The molecule has 1 aromatic heterocycles. The highest BCUT2D eigenvalue weighted by Gasteiger charge is 2.22. The first-order chi connectivity index (χ1) is 9.35. The first-order valence-corrected chi connectivity index (χ1v) is 7.50. The molecule has 1 fully saturated rings. The third kappa shape index (κ3) is 4.18. The largest absolute Gasteiger partial charge is 0.351 e. The van der Waals surface area contributed by atoms with E-state index >= 15 is 0 Å². The highest BCUT2D eigenvalue weighted by atomic mass is 15.3. The van der Waals surface area contributed by atoms with Gasteiger partial charge in [-0.3, -0.25) is 0 Å². The summed E-state index contributed by atoms with van der Waals surface area (Å²) in [5, 5.41) is 3.53. The van der Waals surface area contributed by atoms with Gasteiger partial charge in [0, 0.05) is 44.0 Å². The maximum atomic E-state index is 4.56. The molecule has 0 aromatic carbocycles. The smallest absolute Gasteiger partial charge is 0.129 e. The predicted octanol–water partition coefficient (Wildman–Crippen LogP) is 2.11. The van der Waals surface area contributed by atoms with Crippen molar-refractivity contribution >= 4 is 5.82 Å². The Bertz CT molecular complexity index is 438. The van der Waals surface area contributed by atoms with Gasteiger partial charge in [-0.2, -0.15) is 0 Å². The Balaban J connectivity index is 2.05. The van der Waals surface area contributed by atoms with E-state index in [4.69, 9.17) is 0 Å². The molecule has 2 rings (SSSR count). The molecule has 0 saturated carbocycles. The molecule has 112 valence electrons. The van der Waals surface area contributed by atoms with Gasteiger partial charge in [0.2, 0.25) is 0 Å². The SMILES string of the molecule is CC1CN(C)CCN1c1cc(CNC(C)(C)C)ccn1. The average molecular weight is 276 g/mol. The van der Waals surface area contributed by atoms with E-state index in [1.807, 2.05) is 6.20 Å². The monoisotopic (exact) mass is 276 g/mol. The zero-order valence-corrected chi connectivity index (χ0v) is 13.5. The van der Waals surface area contributed by atoms with Crippen LogP contribution in [0.3, 0.4) is 0 Å². The van der Waals surface area contributed by atoms with E-state index in [2.05, 4.69) is 67.0 Å². The van der Waals surface area contributed by atoms with E-state index in [9.17, 15) is 0 Å². The lowest BCUT2D eigenvalue weighted by Gasteiger charge is -2.39. The lowest BCUT2D eigenvalue weighted by molar-refractivity contribution is 0.274. The number of hydrogen-bond acceptors (Lipinski definition) is 4. The summed E-state index contributed by atoms with van der Waals surface area (Å²) in [6.07, 6.45) is 1.93. The molecule has 0 bridgehead atoms. The fourth-order valence-electron chi connectivity index (χ4n) is 2.57. The van der Waals surface area contributed by atoms with Gasteiger partial charge in [0.15, 0.2) is 0 Å². The summed E-state index contributed by atoms with van der Waals surface area (Å²) < 4.78 is 0. The summed E-state index contributed by atoms with van der Waals surface area (Å²) in [6, 6.07) is 4.84. The Morgan fingerprint density at radius 2 is 2.10 bits per heavy atom. The minimum Gasteiger partial charge on any atom is -0.351 e. The van der Waals surface area contributed by atoms with Gasteiger partial charge in [0.1, 0.15) is 5.82 Å². The number of nitrogens with zero attached hydrogens (tertiary/aromatic N) is 3. The van der Waals surface area contributed by atoms with Crippen molar-refractivity contribution in [3.05, 3.63) is 23.9 Å². The minimum absolute atomic E-state index is 0.143. The van der Waals surface area contributed by atoms with Crippen LogP contribution in [0.25, 0.3) is 0 Å². The second-order valence-electron chi connectivity index (χ2n) is 6.93. The molecule has 1 aromatic rings. The maximum Gasteiger partial charge on any atom is 0.129 e. The van der Waals surface area contributed by atoms with E-state index in [0.29, 0.717) is 6.04 Å². The standard InChI is InChI=1S/C16H28N4/c1-13-12-19(5)8-9-20(13)15-10-14(6-7-17-15)11-18-16(2,3)4/h6-7,10,13,18H,8-9,11-12H2,1-5H3. The van der Waals surface area contributed by atoms with Crippen LogP contribution in [0, 0.1) is 0 Å². The number of nitrogens with one attached hydrogen (secondary N) is 1. The predicted molar refractivity (Wildman–Crippen MR) is 85.1 cm³/mol. The zero-order valence-electron chi connectivity index (χ0n) is 13.5. The molecule has 0 amide bonds. The number of pyridine rings is 1. The molecule has 4 nitrogen and oxygen atoms in total. The van der Waals surface area contributed by atoms with Crippen LogP contribution in [0.4, 0.5) is 5.82 Å². The van der Waals surface area contributed by atoms with E-state index < -0.39 is 0 Å². The van der Waals surface area contributed by atoms with Gasteiger partial charge in [-0.15, -0.1) is 0 Å². The maximum absolute atomic E-state index is 4.56. The summed E-state index contributed by atoms with van der Waals surface area (Å²) in [5.74, 6) is 1.11. The highest BCUT2D eigenvalue weighted by Crippen LogP contribution is 2.19. The summed E-state index contributed by atoms with van der Waals surface area (Å²) in [5.41, 5.74) is 1.45. The zero-order chi connectivity index (χ0) is 14.8. The number of likely N-dealkylation sites (N-methyl/N-ethyl adjacent to an activating group) is 1. The van der Waals surface area contributed by atoms with E-state index in [0.717, 1.165) is 32.0 Å². The molecular weight excluding hydrogens is 248 g/mol. The summed E-state index contributed by atoms with van der Waals surface area (Å²) >= 11 is 0. The van der Waals surface area contributed by atoms with Crippen molar-refractivity contribution in [3.8, 4) is 0 Å². The van der Waals surface area contributed by atoms with Crippen molar-refractivity contribution in [2.75, 3.05) is 31.6 Å². The summed E-state index contributed by atoms with van der Waals surface area (Å²) in [6.45, 7) is 13.0. The first kappa shape index (κ1) is 15.3. The van der Waals surface area contributed by atoms with Gasteiger partial charge >= 0.3 is 0 Å². The molecule has 1 aliphatic rings. The molecule has 1 unspecified atom stereocenters. The van der Waals surface area contributed by atoms with Crippen molar-refractivity contribution in [2.24, 2.45) is 0 Å². The Kier molecular flexibility index (Phi) is 4.66. The number of rotatable bonds is 3. The molecule has 20 heavy (non-hydrogen) atoms. The number of piperazine rings is 1. The Labute approximate surface area is 123 Å². The van der Waals surface area contributed by atoms with Gasteiger partial charge in [0.25, 0.3) is 0 Å². The molecule has 0 aliphatic carbocycles. The van der Waals surface area contributed by atoms with Crippen LogP contribution in [-0.4, -0.2) is 48.1 Å². The molecule has 1 atom stereocenters. The highest BCUT2D eigenvalue weighted by molar-refractivity contribution is 5.42. The fourth-order valence-corrected chi connectivity index (χ4v) is 2.57. The van der Waals surface area contributed by atoms with Crippen LogP contribution in [-0.2, 0) is 6.54 Å². The summed E-state index contributed by atoms with van der Waals surface area (Å²) in [7, 11) is 2.19. The quantitative estimate of drug-likeness (QED) is 0.916. The third-order valence-corrected chi connectivity index (χ3v) is 3.76. The lowest BCUT2D eigenvalue weighted by atomic mass is 10.1. The molecule has 2 heterocycles. The number of aromatic nitrogens is 1. The Morgan fingerprint density at radius 3 is 2.75 bits per heavy atom. The van der Waals surface area contributed by atoms with Gasteiger partial charge in [-0.05, 0) is 52.4 Å². The summed E-state index contributed by atoms with van der Waals surface area (Å²) in [4.78, 5) is 9.36. The second kappa shape index (κ2) is 6.10. The van der Waals surface area contributed by atoms with Crippen LogP contribution < -0.4 is 10.2 Å². The first-order valence-electron chi connectivity index (χ1n) is 7.50. The Morgan fingerprint density at radius 1 is 1.35 bits per heavy atom. The van der Waals surface area contributed by atoms with Crippen molar-refractivity contribution < 1.29 is 0 Å². The Hall–Kier alpha value is -1.13. The fraction of sp³-hybridized carbons (Fsp3) is 0.688. The number of hydrogen-bond donors (Lipinski definition) is 1. The van der Waals surface area contributed by atoms with Crippen LogP contribution >= 0.6 is 0 Å². The molecule has 0 radical (unpaired) electrons.